The molecule has 4 nitrogen and oxygen atoms in total. The molecule has 0 radical (unpaired) electrons. The molecule has 26 heavy (non-hydrogen) atoms. The predicted octanol–water partition coefficient (Wildman–Crippen LogP) is 5.64. The molecule has 0 atom stereocenters. The smallest absolute Gasteiger partial charge is 0.316 e. The highest BCUT2D eigenvalue weighted by Gasteiger charge is 2.28. The second-order valence-corrected chi connectivity index (χ2v) is 7.32. The summed E-state index contributed by atoms with van der Waals surface area (Å²) >= 11 is 7.29. The number of rotatable bonds is 5. The number of thioether (sulfide) groups is 1. The molecule has 0 saturated carbocycles. The van der Waals surface area contributed by atoms with Crippen molar-refractivity contribution in [3.63, 3.8) is 0 Å². The number of amidine groups is 1. The highest BCUT2D eigenvalue weighted by Crippen LogP contribution is 2.33. The fourth-order valence-corrected chi connectivity index (χ4v) is 3.70. The number of aromatic nitrogens is 2. The largest absolute Gasteiger partial charge is 0.389 e. The average Bonchev–Trinajstić information content (AvgIpc) is 3.00. The molecule has 2 heterocycles. The Morgan fingerprint density at radius 3 is 2.62 bits per heavy atom. The topological polar surface area (TPSA) is 33.4 Å². The first kappa shape index (κ1) is 19.1. The van der Waals surface area contributed by atoms with Crippen LogP contribution in [0.4, 0.5) is 24.7 Å². The lowest BCUT2D eigenvalue weighted by molar-refractivity contribution is -0.134. The Morgan fingerprint density at radius 2 is 1.96 bits per heavy atom. The minimum Gasteiger partial charge on any atom is -0.316 e. The number of nitrogens with zero attached hydrogens (tertiary/aromatic N) is 4. The van der Waals surface area contributed by atoms with Gasteiger partial charge in [-0.15, -0.1) is 0 Å². The number of aliphatic imine (C=N–C) groups is 1. The fraction of sp³-hybridized carbons (Fsp3) is 0.412. The maximum Gasteiger partial charge on any atom is 0.389 e. The van der Waals surface area contributed by atoms with E-state index in [9.17, 15) is 13.2 Å². The van der Waals surface area contributed by atoms with Gasteiger partial charge in [-0.25, -0.2) is 9.98 Å². The molecule has 1 aromatic heterocycles. The van der Waals surface area contributed by atoms with E-state index < -0.39 is 12.6 Å². The van der Waals surface area contributed by atoms with E-state index in [4.69, 9.17) is 11.6 Å². The van der Waals surface area contributed by atoms with Crippen LogP contribution in [0.2, 0.25) is 5.02 Å². The Kier molecular flexibility index (Phi) is 5.82. The van der Waals surface area contributed by atoms with Gasteiger partial charge in [0.2, 0.25) is 0 Å². The molecule has 0 unspecified atom stereocenters. The van der Waals surface area contributed by atoms with Gasteiger partial charge in [-0.3, -0.25) is 0 Å². The molecule has 3 rings (SSSR count). The SMILES string of the molecule is CCn1cnc2c1N=C(SCCCC(F)(F)F)N(c1ccc(Cl)cc1)C2. The van der Waals surface area contributed by atoms with Crippen LogP contribution in [0.5, 0.6) is 0 Å². The summed E-state index contributed by atoms with van der Waals surface area (Å²) in [6.45, 7) is 3.26. The lowest BCUT2D eigenvalue weighted by Crippen LogP contribution is -2.31. The van der Waals surface area contributed by atoms with Gasteiger partial charge in [0, 0.05) is 29.4 Å². The van der Waals surface area contributed by atoms with E-state index in [1.165, 1.54) is 11.8 Å². The summed E-state index contributed by atoms with van der Waals surface area (Å²) in [6, 6.07) is 7.30. The molecule has 1 aliphatic heterocycles. The van der Waals surface area contributed by atoms with Crippen LogP contribution in [-0.4, -0.2) is 26.6 Å². The van der Waals surface area contributed by atoms with Crippen LogP contribution >= 0.6 is 23.4 Å². The van der Waals surface area contributed by atoms with Crippen molar-refractivity contribution in [1.29, 1.82) is 0 Å². The van der Waals surface area contributed by atoms with Crippen molar-refractivity contribution in [3.8, 4) is 0 Å². The minimum absolute atomic E-state index is 0.0571. The third-order valence-electron chi connectivity index (χ3n) is 3.94. The van der Waals surface area contributed by atoms with E-state index in [1.807, 2.05) is 28.5 Å². The van der Waals surface area contributed by atoms with Gasteiger partial charge in [-0.2, -0.15) is 13.2 Å². The van der Waals surface area contributed by atoms with E-state index >= 15 is 0 Å². The summed E-state index contributed by atoms with van der Waals surface area (Å²) in [6.07, 6.45) is -3.11. The van der Waals surface area contributed by atoms with Gasteiger partial charge in [-0.1, -0.05) is 23.4 Å². The zero-order chi connectivity index (χ0) is 18.7. The van der Waals surface area contributed by atoms with Crippen LogP contribution in [0, 0.1) is 0 Å². The molecule has 140 valence electrons. The van der Waals surface area contributed by atoms with Crippen LogP contribution in [0.25, 0.3) is 0 Å². The first-order valence-electron chi connectivity index (χ1n) is 8.22. The number of hydrogen-bond donors (Lipinski definition) is 0. The second kappa shape index (κ2) is 7.92. The molecule has 0 amide bonds. The molecule has 0 bridgehead atoms. The fourth-order valence-electron chi connectivity index (χ4n) is 2.63. The number of anilines is 1. The number of benzene rings is 1. The van der Waals surface area contributed by atoms with E-state index in [0.29, 0.717) is 22.5 Å². The van der Waals surface area contributed by atoms with Gasteiger partial charge in [0.15, 0.2) is 11.0 Å². The number of aryl methyl sites for hydroxylation is 1. The molecule has 0 aliphatic carbocycles. The molecular formula is C17H18ClF3N4S. The van der Waals surface area contributed by atoms with Gasteiger partial charge in [0.1, 0.15) is 5.69 Å². The quantitative estimate of drug-likeness (QED) is 0.607. The number of fused-ring (bicyclic) bond motifs is 1. The third-order valence-corrected chi connectivity index (χ3v) is 5.25. The van der Waals surface area contributed by atoms with Gasteiger partial charge in [0.25, 0.3) is 0 Å². The summed E-state index contributed by atoms with van der Waals surface area (Å²) in [5.41, 5.74) is 1.73. The molecule has 0 fully saturated rings. The molecule has 0 N–H and O–H groups in total. The van der Waals surface area contributed by atoms with E-state index in [-0.39, 0.29) is 6.42 Å². The highest BCUT2D eigenvalue weighted by atomic mass is 35.5. The number of halogens is 4. The van der Waals surface area contributed by atoms with Crippen LogP contribution in [0.15, 0.2) is 35.6 Å². The summed E-state index contributed by atoms with van der Waals surface area (Å²) < 4.78 is 39.1. The molecule has 0 spiro atoms. The van der Waals surface area contributed by atoms with Crippen LogP contribution in [0.3, 0.4) is 0 Å². The Hall–Kier alpha value is -1.67. The third kappa shape index (κ3) is 4.54. The van der Waals surface area contributed by atoms with Gasteiger partial charge >= 0.3 is 6.18 Å². The zero-order valence-electron chi connectivity index (χ0n) is 14.1. The van der Waals surface area contributed by atoms with Crippen LogP contribution in [0.1, 0.15) is 25.5 Å². The zero-order valence-corrected chi connectivity index (χ0v) is 15.7. The van der Waals surface area contributed by atoms with E-state index in [2.05, 4.69) is 9.98 Å². The van der Waals surface area contributed by atoms with Crippen LogP contribution < -0.4 is 4.90 Å². The van der Waals surface area contributed by atoms with E-state index in [1.54, 1.807) is 18.5 Å². The van der Waals surface area contributed by atoms with Gasteiger partial charge in [0.05, 0.1) is 12.9 Å². The van der Waals surface area contributed by atoms with Crippen LogP contribution in [-0.2, 0) is 13.1 Å². The van der Waals surface area contributed by atoms with Crippen molar-refractivity contribution in [2.24, 2.45) is 4.99 Å². The molecule has 1 aliphatic rings. The maximum atomic E-state index is 12.4. The Balaban J connectivity index is 1.82. The number of hydrogen-bond acceptors (Lipinski definition) is 4. The molecule has 2 aromatic rings. The Morgan fingerprint density at radius 1 is 1.23 bits per heavy atom. The summed E-state index contributed by atoms with van der Waals surface area (Å²) in [4.78, 5) is 11.1. The number of alkyl halides is 3. The number of imidazole rings is 1. The first-order valence-corrected chi connectivity index (χ1v) is 9.59. The minimum atomic E-state index is -4.13. The second-order valence-electron chi connectivity index (χ2n) is 5.83. The normalized spacial score (nSPS) is 14.3. The predicted molar refractivity (Wildman–Crippen MR) is 100 cm³/mol. The standard InChI is InChI=1S/C17H18ClF3N4S/c1-2-24-11-22-14-10-25(13-6-4-12(18)5-7-13)16(23-15(14)24)26-9-3-8-17(19,20)21/h4-7,11H,2-3,8-10H2,1H3. The summed E-state index contributed by atoms with van der Waals surface area (Å²) in [7, 11) is 0. The average molecular weight is 403 g/mol. The van der Waals surface area contributed by atoms with Gasteiger partial charge in [-0.05, 0) is 37.6 Å². The molecular weight excluding hydrogens is 385 g/mol. The Bertz CT molecular complexity index is 786. The van der Waals surface area contributed by atoms with Crippen molar-refractivity contribution >= 4 is 40.0 Å². The lowest BCUT2D eigenvalue weighted by atomic mass is 10.2. The highest BCUT2D eigenvalue weighted by molar-refractivity contribution is 8.14. The molecule has 0 saturated heterocycles. The molecule has 1 aromatic carbocycles. The van der Waals surface area contributed by atoms with E-state index in [0.717, 1.165) is 23.7 Å². The lowest BCUT2D eigenvalue weighted by Gasteiger charge is -2.28. The first-order chi connectivity index (χ1) is 12.4. The van der Waals surface area contributed by atoms with Crippen molar-refractivity contribution in [3.05, 3.63) is 41.3 Å². The maximum absolute atomic E-state index is 12.4. The van der Waals surface area contributed by atoms with Crippen molar-refractivity contribution in [1.82, 2.24) is 9.55 Å². The monoisotopic (exact) mass is 402 g/mol. The summed E-state index contributed by atoms with van der Waals surface area (Å²) in [5.74, 6) is 1.12. The van der Waals surface area contributed by atoms with Gasteiger partial charge < -0.3 is 9.47 Å². The van der Waals surface area contributed by atoms with Crippen molar-refractivity contribution in [2.45, 2.75) is 39.0 Å². The molecule has 9 heteroatoms. The Labute approximate surface area is 159 Å². The van der Waals surface area contributed by atoms with Crippen molar-refractivity contribution < 1.29 is 13.2 Å². The van der Waals surface area contributed by atoms with Crippen molar-refractivity contribution in [2.75, 3.05) is 10.7 Å². The summed E-state index contributed by atoms with van der Waals surface area (Å²) in [5, 5.41) is 1.30.